The Morgan fingerprint density at radius 2 is 1.97 bits per heavy atom. The molecule has 0 bridgehead atoms. The van der Waals surface area contributed by atoms with E-state index < -0.39 is 34.3 Å². The van der Waals surface area contributed by atoms with E-state index in [9.17, 15) is 29.3 Å². The lowest BCUT2D eigenvalue weighted by atomic mass is 10.1. The molecule has 0 N–H and O–H groups in total. The fourth-order valence-corrected chi connectivity index (χ4v) is 3.96. The van der Waals surface area contributed by atoms with Crippen LogP contribution in [0.2, 0.25) is 0 Å². The summed E-state index contributed by atoms with van der Waals surface area (Å²) < 4.78 is 15.2. The number of imide groups is 1. The Hall–Kier alpha value is -3.45. The van der Waals surface area contributed by atoms with Crippen LogP contribution in [0, 0.1) is 10.1 Å². The summed E-state index contributed by atoms with van der Waals surface area (Å²) in [6.45, 7) is 2.20. The van der Waals surface area contributed by atoms with Gasteiger partial charge in [0.2, 0.25) is 17.4 Å². The molecule has 0 aromatic heterocycles. The van der Waals surface area contributed by atoms with Crippen LogP contribution in [0.5, 0.6) is 11.5 Å². The summed E-state index contributed by atoms with van der Waals surface area (Å²) in [5.41, 5.74) is -0.474. The van der Waals surface area contributed by atoms with Crippen LogP contribution in [0.25, 0.3) is 6.08 Å². The van der Waals surface area contributed by atoms with E-state index in [0.29, 0.717) is 38.1 Å². The van der Waals surface area contributed by atoms with Crippen LogP contribution in [-0.4, -0.2) is 77.7 Å². The highest BCUT2D eigenvalue weighted by molar-refractivity contribution is 8.18. The number of nitrogens with zero attached hydrogens (tertiary/aromatic N) is 3. The summed E-state index contributed by atoms with van der Waals surface area (Å²) in [4.78, 5) is 61.8. The molecule has 2 fully saturated rings. The van der Waals surface area contributed by atoms with Gasteiger partial charge in [-0.15, -0.1) is 0 Å². The minimum Gasteiger partial charge on any atom is -0.490 e. The number of esters is 1. The molecular weight excluding hydrogens is 446 g/mol. The first-order valence-electron chi connectivity index (χ1n) is 9.37. The summed E-state index contributed by atoms with van der Waals surface area (Å²) in [5, 5.41) is 10.9. The normalized spacial score (nSPS) is 17.6. The quantitative estimate of drug-likeness (QED) is 0.199. The zero-order chi connectivity index (χ0) is 23.4. The fraction of sp³-hybridized carbons (Fsp3) is 0.368. The van der Waals surface area contributed by atoms with E-state index >= 15 is 0 Å². The molecule has 0 unspecified atom stereocenters. The molecule has 2 aliphatic heterocycles. The molecule has 32 heavy (non-hydrogen) atoms. The average Bonchev–Trinajstić information content (AvgIpc) is 3.01. The van der Waals surface area contributed by atoms with E-state index in [2.05, 4.69) is 0 Å². The number of nitro groups is 1. The Bertz CT molecular complexity index is 1020. The first-order chi connectivity index (χ1) is 15.2. The molecule has 2 aliphatic rings. The van der Waals surface area contributed by atoms with Crippen LogP contribution in [0.1, 0.15) is 12.5 Å². The van der Waals surface area contributed by atoms with E-state index in [0.717, 1.165) is 11.8 Å². The molecule has 13 heteroatoms. The van der Waals surface area contributed by atoms with Crippen LogP contribution in [0.4, 0.5) is 10.5 Å². The van der Waals surface area contributed by atoms with Gasteiger partial charge in [-0.2, -0.15) is 0 Å². The van der Waals surface area contributed by atoms with Gasteiger partial charge in [-0.1, -0.05) is 0 Å². The minimum atomic E-state index is -0.777. The molecule has 0 atom stereocenters. The molecule has 1 aromatic carbocycles. The van der Waals surface area contributed by atoms with Gasteiger partial charge in [0.1, 0.15) is 6.54 Å². The Kier molecular flexibility index (Phi) is 7.10. The van der Waals surface area contributed by atoms with E-state index in [1.165, 1.54) is 30.2 Å². The van der Waals surface area contributed by atoms with Crippen molar-refractivity contribution in [2.45, 2.75) is 6.92 Å². The lowest BCUT2D eigenvalue weighted by molar-refractivity contribution is -0.386. The molecule has 0 radical (unpaired) electrons. The van der Waals surface area contributed by atoms with E-state index in [4.69, 9.17) is 14.2 Å². The number of benzene rings is 1. The van der Waals surface area contributed by atoms with E-state index in [1.807, 2.05) is 0 Å². The summed E-state index contributed by atoms with van der Waals surface area (Å²) in [7, 11) is 1.18. The third-order valence-corrected chi connectivity index (χ3v) is 5.49. The lowest BCUT2D eigenvalue weighted by Crippen LogP contribution is -2.46. The molecular formula is C19H19N3O9S. The van der Waals surface area contributed by atoms with Crippen LogP contribution >= 0.6 is 11.8 Å². The molecule has 12 nitrogen and oxygen atoms in total. The van der Waals surface area contributed by atoms with Crippen molar-refractivity contribution in [3.8, 4) is 11.5 Å². The second-order valence-electron chi connectivity index (χ2n) is 6.65. The smallest absolute Gasteiger partial charge is 0.353 e. The molecule has 0 saturated carbocycles. The van der Waals surface area contributed by atoms with Crippen molar-refractivity contribution >= 4 is 46.5 Å². The number of morpholine rings is 1. The number of thioether (sulfide) groups is 1. The number of hydrogen-bond donors (Lipinski definition) is 0. The molecule has 170 valence electrons. The molecule has 0 aliphatic carbocycles. The maximum absolute atomic E-state index is 12.7. The number of amides is 3. The highest BCUT2D eigenvalue weighted by Gasteiger charge is 2.38. The maximum atomic E-state index is 12.7. The van der Waals surface area contributed by atoms with Crippen molar-refractivity contribution in [1.82, 2.24) is 9.80 Å². The van der Waals surface area contributed by atoms with Crippen LogP contribution in [0.15, 0.2) is 17.0 Å². The number of nitro benzene ring substituents is 1. The SMILES string of the molecule is COc1c(/C=C2\SC(=O)N(CC(=O)N3CCOCC3)C2=O)ccc(OC(C)=O)c1[N+](=O)[O-]. The van der Waals surface area contributed by atoms with Gasteiger partial charge in [-0.25, -0.2) is 0 Å². The van der Waals surface area contributed by atoms with Crippen molar-refractivity contribution in [3.63, 3.8) is 0 Å². The number of methoxy groups -OCH3 is 1. The zero-order valence-electron chi connectivity index (χ0n) is 17.2. The third-order valence-electron chi connectivity index (χ3n) is 4.58. The predicted octanol–water partition coefficient (Wildman–Crippen LogP) is 1.42. The molecule has 3 rings (SSSR count). The van der Waals surface area contributed by atoms with Gasteiger partial charge < -0.3 is 19.1 Å². The summed E-state index contributed by atoms with van der Waals surface area (Å²) >= 11 is 0.606. The number of hydrogen-bond acceptors (Lipinski definition) is 10. The Morgan fingerprint density at radius 1 is 1.28 bits per heavy atom. The van der Waals surface area contributed by atoms with Crippen LogP contribution in [-0.2, 0) is 19.1 Å². The summed E-state index contributed by atoms with van der Waals surface area (Å²) in [5.74, 6) is -2.40. The van der Waals surface area contributed by atoms with Crippen molar-refractivity contribution in [2.24, 2.45) is 0 Å². The first kappa shape index (κ1) is 23.2. The predicted molar refractivity (Wildman–Crippen MR) is 111 cm³/mol. The van der Waals surface area contributed by atoms with Crippen LogP contribution in [0.3, 0.4) is 0 Å². The molecule has 2 heterocycles. The monoisotopic (exact) mass is 465 g/mol. The van der Waals surface area contributed by atoms with Gasteiger partial charge in [0, 0.05) is 25.6 Å². The van der Waals surface area contributed by atoms with Crippen LogP contribution < -0.4 is 9.47 Å². The number of ether oxygens (including phenoxy) is 3. The first-order valence-corrected chi connectivity index (χ1v) is 10.2. The van der Waals surface area contributed by atoms with Gasteiger partial charge >= 0.3 is 11.7 Å². The van der Waals surface area contributed by atoms with E-state index in [1.54, 1.807) is 0 Å². The largest absolute Gasteiger partial charge is 0.490 e. The van der Waals surface area contributed by atoms with Crippen molar-refractivity contribution in [1.29, 1.82) is 0 Å². The molecule has 0 spiro atoms. The average molecular weight is 465 g/mol. The number of carbonyl (C=O) groups is 4. The van der Waals surface area contributed by atoms with Crippen molar-refractivity contribution < 1.29 is 38.3 Å². The highest BCUT2D eigenvalue weighted by atomic mass is 32.2. The second-order valence-corrected chi connectivity index (χ2v) is 7.64. The highest BCUT2D eigenvalue weighted by Crippen LogP contribution is 2.42. The molecule has 3 amide bonds. The van der Waals surface area contributed by atoms with Crippen molar-refractivity contribution in [3.05, 3.63) is 32.7 Å². The van der Waals surface area contributed by atoms with Gasteiger partial charge in [-0.3, -0.25) is 34.2 Å². The third kappa shape index (κ3) is 4.89. The standard InChI is InChI=1S/C19H19N3O9S/c1-11(23)31-13-4-3-12(17(29-2)16(13)22(27)28)9-14-18(25)21(19(26)32-14)10-15(24)20-5-7-30-8-6-20/h3-4,9H,5-8,10H2,1-2H3/b14-9-. The van der Waals surface area contributed by atoms with Gasteiger partial charge in [-0.05, 0) is 30.0 Å². The second kappa shape index (κ2) is 9.78. The Balaban J connectivity index is 1.88. The fourth-order valence-electron chi connectivity index (χ4n) is 3.13. The zero-order valence-corrected chi connectivity index (χ0v) is 18.0. The Morgan fingerprint density at radius 3 is 2.56 bits per heavy atom. The number of rotatable bonds is 6. The minimum absolute atomic E-state index is 0.0300. The summed E-state index contributed by atoms with van der Waals surface area (Å²) in [6, 6.07) is 2.55. The van der Waals surface area contributed by atoms with Gasteiger partial charge in [0.15, 0.2) is 0 Å². The topological polar surface area (TPSA) is 146 Å². The molecule has 2 saturated heterocycles. The van der Waals surface area contributed by atoms with E-state index in [-0.39, 0.29) is 27.9 Å². The van der Waals surface area contributed by atoms with Gasteiger partial charge in [0.05, 0.1) is 30.2 Å². The maximum Gasteiger partial charge on any atom is 0.353 e. The lowest BCUT2D eigenvalue weighted by Gasteiger charge is -2.28. The number of carbonyl (C=O) groups excluding carboxylic acids is 4. The van der Waals surface area contributed by atoms with Gasteiger partial charge in [0.25, 0.3) is 11.1 Å². The molecule has 1 aromatic rings. The van der Waals surface area contributed by atoms with Crippen molar-refractivity contribution in [2.75, 3.05) is 40.0 Å². The summed E-state index contributed by atoms with van der Waals surface area (Å²) in [6.07, 6.45) is 1.26. The Labute approximate surface area is 186 Å².